The van der Waals surface area contributed by atoms with Crippen LogP contribution in [0.4, 0.5) is 5.69 Å². The highest BCUT2D eigenvalue weighted by atomic mass is 32.1. The van der Waals surface area contributed by atoms with Crippen molar-refractivity contribution in [2.75, 3.05) is 5.32 Å². The van der Waals surface area contributed by atoms with E-state index in [4.69, 9.17) is 4.74 Å². The zero-order valence-corrected chi connectivity index (χ0v) is 17.9. The van der Waals surface area contributed by atoms with Crippen LogP contribution in [0, 0.1) is 6.92 Å². The first-order valence-electron chi connectivity index (χ1n) is 9.84. The Bertz CT molecular complexity index is 999. The van der Waals surface area contributed by atoms with Crippen molar-refractivity contribution in [3.05, 3.63) is 75.7 Å². The molecule has 0 aliphatic rings. The Balaban J connectivity index is 1.50. The quantitative estimate of drug-likeness (QED) is 0.523. The number of aryl methyl sites for hydroxylation is 1. The van der Waals surface area contributed by atoms with Crippen LogP contribution in [0.5, 0.6) is 5.75 Å². The summed E-state index contributed by atoms with van der Waals surface area (Å²) in [5.41, 5.74) is 3.10. The summed E-state index contributed by atoms with van der Waals surface area (Å²) < 4.78 is 5.71. The van der Waals surface area contributed by atoms with E-state index >= 15 is 0 Å². The summed E-state index contributed by atoms with van der Waals surface area (Å²) in [7, 11) is 0. The summed E-state index contributed by atoms with van der Waals surface area (Å²) in [6.45, 7) is 4.70. The largest absolute Gasteiger partial charge is 0.487 e. The van der Waals surface area contributed by atoms with Crippen molar-refractivity contribution in [2.45, 2.75) is 39.8 Å². The lowest BCUT2D eigenvalue weighted by molar-refractivity contribution is -0.116. The fourth-order valence-corrected chi connectivity index (χ4v) is 3.43. The Kier molecular flexibility index (Phi) is 7.57. The molecule has 0 fully saturated rings. The number of benzene rings is 2. The van der Waals surface area contributed by atoms with Crippen molar-refractivity contribution in [3.8, 4) is 5.75 Å². The Labute approximate surface area is 180 Å². The van der Waals surface area contributed by atoms with E-state index < -0.39 is 0 Å². The van der Waals surface area contributed by atoms with Crippen molar-refractivity contribution in [2.24, 2.45) is 0 Å². The van der Waals surface area contributed by atoms with Crippen LogP contribution in [0.3, 0.4) is 0 Å². The van der Waals surface area contributed by atoms with Crippen LogP contribution >= 0.6 is 11.3 Å². The Morgan fingerprint density at radius 1 is 1.13 bits per heavy atom. The predicted octanol–water partition coefficient (Wildman–Crippen LogP) is 4.70. The Morgan fingerprint density at radius 3 is 2.63 bits per heavy atom. The lowest BCUT2D eigenvalue weighted by Gasteiger charge is -2.09. The molecular weight excluding hydrogens is 398 g/mol. The molecule has 156 valence electrons. The average Bonchev–Trinajstić information content (AvgIpc) is 3.16. The normalized spacial score (nSPS) is 10.5. The van der Waals surface area contributed by atoms with Gasteiger partial charge in [-0.2, -0.15) is 0 Å². The van der Waals surface area contributed by atoms with Crippen molar-refractivity contribution >= 4 is 28.8 Å². The van der Waals surface area contributed by atoms with Crippen LogP contribution in [0.15, 0.2) is 53.9 Å². The minimum absolute atomic E-state index is 0.00842. The van der Waals surface area contributed by atoms with Gasteiger partial charge in [0, 0.05) is 29.6 Å². The van der Waals surface area contributed by atoms with Gasteiger partial charge in [-0.3, -0.25) is 9.59 Å². The number of hydrogen-bond donors (Lipinski definition) is 2. The maximum absolute atomic E-state index is 12.4. The van der Waals surface area contributed by atoms with Gasteiger partial charge < -0.3 is 15.4 Å². The van der Waals surface area contributed by atoms with Crippen LogP contribution in [0.25, 0.3) is 0 Å². The minimum atomic E-state index is -0.169. The zero-order valence-electron chi connectivity index (χ0n) is 17.1. The SMILES string of the molecule is CCCC(=O)Nc1cccc(CNC(=O)c2ccc(OCc3csc(C)n3)cc2)c1. The third-order valence-corrected chi connectivity index (χ3v) is 5.13. The van der Waals surface area contributed by atoms with E-state index in [1.165, 1.54) is 0 Å². The number of anilines is 1. The van der Waals surface area contributed by atoms with Crippen molar-refractivity contribution in [3.63, 3.8) is 0 Å². The number of rotatable bonds is 9. The summed E-state index contributed by atoms with van der Waals surface area (Å²) in [5, 5.41) is 8.75. The standard InChI is InChI=1S/C23H25N3O3S/c1-3-5-22(27)26-19-7-4-6-17(12-19)13-24-23(28)18-8-10-21(11-9-18)29-14-20-15-30-16(2)25-20/h4,6-12,15H,3,5,13-14H2,1-2H3,(H,24,28)(H,26,27). The highest BCUT2D eigenvalue weighted by Gasteiger charge is 2.07. The van der Waals surface area contributed by atoms with Crippen molar-refractivity contribution in [1.29, 1.82) is 0 Å². The molecule has 6 nitrogen and oxygen atoms in total. The molecule has 2 N–H and O–H groups in total. The molecule has 0 aliphatic heterocycles. The van der Waals surface area contributed by atoms with Gasteiger partial charge in [0.25, 0.3) is 5.91 Å². The molecule has 0 saturated heterocycles. The molecule has 2 aromatic carbocycles. The topological polar surface area (TPSA) is 80.3 Å². The molecule has 2 amide bonds. The van der Waals surface area contributed by atoms with E-state index in [0.29, 0.717) is 30.9 Å². The third-order valence-electron chi connectivity index (χ3n) is 4.31. The van der Waals surface area contributed by atoms with Gasteiger partial charge in [0.15, 0.2) is 0 Å². The van der Waals surface area contributed by atoms with Crippen LogP contribution in [0.1, 0.15) is 46.4 Å². The number of ether oxygens (including phenoxy) is 1. The monoisotopic (exact) mass is 423 g/mol. The Hall–Kier alpha value is -3.19. The molecule has 0 radical (unpaired) electrons. The van der Waals surface area contributed by atoms with E-state index in [2.05, 4.69) is 15.6 Å². The molecule has 0 aliphatic carbocycles. The number of carbonyl (C=O) groups excluding carboxylic acids is 2. The second-order valence-electron chi connectivity index (χ2n) is 6.85. The van der Waals surface area contributed by atoms with E-state index in [1.54, 1.807) is 35.6 Å². The number of nitrogens with zero attached hydrogens (tertiary/aromatic N) is 1. The summed E-state index contributed by atoms with van der Waals surface area (Å²) in [6.07, 6.45) is 1.29. The lowest BCUT2D eigenvalue weighted by Crippen LogP contribution is -2.22. The molecule has 0 saturated carbocycles. The van der Waals surface area contributed by atoms with Gasteiger partial charge in [0.05, 0.1) is 10.7 Å². The highest BCUT2D eigenvalue weighted by molar-refractivity contribution is 7.09. The molecule has 0 spiro atoms. The van der Waals surface area contributed by atoms with E-state index in [1.807, 2.05) is 43.5 Å². The second-order valence-corrected chi connectivity index (χ2v) is 7.91. The molecule has 3 aromatic rings. The molecule has 1 heterocycles. The maximum Gasteiger partial charge on any atom is 0.251 e. The van der Waals surface area contributed by atoms with E-state index in [-0.39, 0.29) is 11.8 Å². The Morgan fingerprint density at radius 2 is 1.93 bits per heavy atom. The van der Waals surface area contributed by atoms with Gasteiger partial charge in [-0.1, -0.05) is 19.1 Å². The molecule has 0 unspecified atom stereocenters. The smallest absolute Gasteiger partial charge is 0.251 e. The van der Waals surface area contributed by atoms with Gasteiger partial charge in [-0.25, -0.2) is 4.98 Å². The van der Waals surface area contributed by atoms with Crippen LogP contribution in [0.2, 0.25) is 0 Å². The molecule has 3 rings (SSSR count). The first-order valence-corrected chi connectivity index (χ1v) is 10.7. The molecular formula is C23H25N3O3S. The van der Waals surface area contributed by atoms with Gasteiger partial charge in [-0.15, -0.1) is 11.3 Å². The van der Waals surface area contributed by atoms with Crippen LogP contribution in [-0.4, -0.2) is 16.8 Å². The zero-order chi connectivity index (χ0) is 21.3. The van der Waals surface area contributed by atoms with Gasteiger partial charge in [-0.05, 0) is 55.3 Å². The molecule has 0 bridgehead atoms. The lowest BCUT2D eigenvalue weighted by atomic mass is 10.1. The highest BCUT2D eigenvalue weighted by Crippen LogP contribution is 2.16. The minimum Gasteiger partial charge on any atom is -0.487 e. The maximum atomic E-state index is 12.4. The summed E-state index contributed by atoms with van der Waals surface area (Å²) in [4.78, 5) is 28.5. The van der Waals surface area contributed by atoms with Crippen LogP contribution < -0.4 is 15.4 Å². The third kappa shape index (κ3) is 6.42. The average molecular weight is 424 g/mol. The molecule has 30 heavy (non-hydrogen) atoms. The van der Waals surface area contributed by atoms with Gasteiger partial charge in [0.2, 0.25) is 5.91 Å². The summed E-state index contributed by atoms with van der Waals surface area (Å²) >= 11 is 1.59. The predicted molar refractivity (Wildman–Crippen MR) is 119 cm³/mol. The van der Waals surface area contributed by atoms with Crippen molar-refractivity contribution in [1.82, 2.24) is 10.3 Å². The van der Waals surface area contributed by atoms with Gasteiger partial charge in [0.1, 0.15) is 12.4 Å². The summed E-state index contributed by atoms with van der Waals surface area (Å²) in [6, 6.07) is 14.5. The molecule has 7 heteroatoms. The fraction of sp³-hybridized carbons (Fsp3) is 0.261. The fourth-order valence-electron chi connectivity index (χ4n) is 2.83. The number of carbonyl (C=O) groups is 2. The second kappa shape index (κ2) is 10.5. The number of thiazole rings is 1. The number of nitrogens with one attached hydrogen (secondary N) is 2. The molecule has 0 atom stereocenters. The van der Waals surface area contributed by atoms with E-state index in [0.717, 1.165) is 28.4 Å². The molecule has 1 aromatic heterocycles. The number of hydrogen-bond acceptors (Lipinski definition) is 5. The van der Waals surface area contributed by atoms with Gasteiger partial charge >= 0.3 is 0 Å². The number of aromatic nitrogens is 1. The number of amides is 2. The van der Waals surface area contributed by atoms with Crippen molar-refractivity contribution < 1.29 is 14.3 Å². The summed E-state index contributed by atoms with van der Waals surface area (Å²) in [5.74, 6) is 0.510. The van der Waals surface area contributed by atoms with E-state index in [9.17, 15) is 9.59 Å². The van der Waals surface area contributed by atoms with Crippen LogP contribution in [-0.2, 0) is 17.9 Å². The first-order chi connectivity index (χ1) is 14.5. The first kappa shape index (κ1) is 21.5.